The van der Waals surface area contributed by atoms with Crippen LogP contribution in [-0.2, 0) is 10.0 Å². The molecule has 0 N–H and O–H groups in total. The first-order chi connectivity index (χ1) is 10.6. The van der Waals surface area contributed by atoms with E-state index in [2.05, 4.69) is 24.0 Å². The van der Waals surface area contributed by atoms with Crippen molar-refractivity contribution in [1.29, 1.82) is 0 Å². The Morgan fingerprint density at radius 2 is 1.74 bits per heavy atom. The molecule has 1 heterocycles. The Bertz CT molecular complexity index is 795. The van der Waals surface area contributed by atoms with Gasteiger partial charge in [-0.05, 0) is 36.0 Å². The third-order valence-corrected chi connectivity index (χ3v) is 6.58. The number of sulfonamides is 1. The molecule has 0 spiro atoms. The number of nitrogens with zero attached hydrogens (tertiary/aromatic N) is 3. The highest BCUT2D eigenvalue weighted by molar-refractivity contribution is 7.93. The van der Waals surface area contributed by atoms with Crippen LogP contribution >= 0.6 is 11.3 Å². The van der Waals surface area contributed by atoms with Crippen LogP contribution < -0.4 is 4.31 Å². The number of aryl methyl sites for hydroxylation is 1. The summed E-state index contributed by atoms with van der Waals surface area (Å²) < 4.78 is 27.4. The first-order valence-electron chi connectivity index (χ1n) is 7.57. The Morgan fingerprint density at radius 1 is 1.09 bits per heavy atom. The molecular formula is C16H23N3O2S2. The second-order valence-electron chi connectivity index (χ2n) is 6.18. The van der Waals surface area contributed by atoms with E-state index in [1.165, 1.54) is 22.7 Å². The van der Waals surface area contributed by atoms with Crippen LogP contribution in [0.1, 0.15) is 55.7 Å². The average molecular weight is 354 g/mol. The summed E-state index contributed by atoms with van der Waals surface area (Å²) >= 11 is 1.27. The van der Waals surface area contributed by atoms with Crippen LogP contribution in [0.2, 0.25) is 0 Å². The van der Waals surface area contributed by atoms with Gasteiger partial charge < -0.3 is 0 Å². The van der Waals surface area contributed by atoms with Gasteiger partial charge in [0.2, 0.25) is 5.13 Å². The number of rotatable bonds is 5. The van der Waals surface area contributed by atoms with E-state index >= 15 is 0 Å². The minimum absolute atomic E-state index is 0.116. The van der Waals surface area contributed by atoms with E-state index in [0.717, 1.165) is 16.1 Å². The van der Waals surface area contributed by atoms with Crippen molar-refractivity contribution in [3.8, 4) is 0 Å². The lowest BCUT2D eigenvalue weighted by Gasteiger charge is -2.21. The quantitative estimate of drug-likeness (QED) is 0.817. The Labute approximate surface area is 142 Å². The fourth-order valence-electron chi connectivity index (χ4n) is 2.27. The van der Waals surface area contributed by atoms with Crippen LogP contribution in [0.5, 0.6) is 0 Å². The van der Waals surface area contributed by atoms with Gasteiger partial charge in [-0.25, -0.2) is 12.7 Å². The largest absolute Gasteiger partial charge is 0.266 e. The number of aromatic nitrogens is 2. The van der Waals surface area contributed by atoms with Crippen molar-refractivity contribution >= 4 is 26.5 Å². The first-order valence-corrected chi connectivity index (χ1v) is 9.83. The van der Waals surface area contributed by atoms with Crippen LogP contribution in [-0.4, -0.2) is 25.7 Å². The van der Waals surface area contributed by atoms with Crippen molar-refractivity contribution < 1.29 is 8.42 Å². The Morgan fingerprint density at radius 3 is 2.22 bits per heavy atom. The molecule has 0 amide bonds. The standard InChI is InChI=1S/C16H23N3O2S2/c1-10(2)13-7-8-14(11(3)4)15(9-13)23(20,21)19(6)16-18-17-12(5)22-16/h7-11H,1-6H3. The van der Waals surface area contributed by atoms with E-state index in [9.17, 15) is 8.42 Å². The molecule has 1 aromatic heterocycles. The lowest BCUT2D eigenvalue weighted by Crippen LogP contribution is -2.27. The Kier molecular flexibility index (Phi) is 5.10. The summed E-state index contributed by atoms with van der Waals surface area (Å²) in [5, 5.41) is 8.99. The topological polar surface area (TPSA) is 63.2 Å². The van der Waals surface area contributed by atoms with Crippen LogP contribution in [0.3, 0.4) is 0 Å². The lowest BCUT2D eigenvalue weighted by atomic mass is 9.97. The molecule has 7 heteroatoms. The molecule has 1 aromatic carbocycles. The molecule has 0 saturated heterocycles. The molecule has 0 saturated carbocycles. The van der Waals surface area contributed by atoms with Gasteiger partial charge in [-0.2, -0.15) is 0 Å². The molecule has 0 aliphatic rings. The summed E-state index contributed by atoms with van der Waals surface area (Å²) in [6, 6.07) is 5.72. The molecule has 126 valence electrons. The van der Waals surface area contributed by atoms with E-state index in [1.54, 1.807) is 13.0 Å². The van der Waals surface area contributed by atoms with Gasteiger partial charge in [-0.15, -0.1) is 10.2 Å². The van der Waals surface area contributed by atoms with Crippen molar-refractivity contribution in [2.75, 3.05) is 11.4 Å². The van der Waals surface area contributed by atoms with Gasteiger partial charge >= 0.3 is 0 Å². The van der Waals surface area contributed by atoms with E-state index in [1.807, 2.05) is 26.0 Å². The van der Waals surface area contributed by atoms with Gasteiger partial charge in [0.1, 0.15) is 5.01 Å². The monoisotopic (exact) mass is 353 g/mol. The van der Waals surface area contributed by atoms with Crippen LogP contribution in [0.4, 0.5) is 5.13 Å². The zero-order valence-electron chi connectivity index (χ0n) is 14.4. The molecule has 0 radical (unpaired) electrons. The summed E-state index contributed by atoms with van der Waals surface area (Å²) in [6.45, 7) is 9.91. The number of hydrogen-bond acceptors (Lipinski definition) is 5. The summed E-state index contributed by atoms with van der Waals surface area (Å²) in [5.74, 6) is 0.379. The molecule has 0 aliphatic carbocycles. The predicted octanol–water partition coefficient (Wildman–Crippen LogP) is 3.92. The summed E-state index contributed by atoms with van der Waals surface area (Å²) in [5.41, 5.74) is 1.83. The number of hydrogen-bond donors (Lipinski definition) is 0. The average Bonchev–Trinajstić information content (AvgIpc) is 2.91. The molecule has 0 atom stereocenters. The van der Waals surface area contributed by atoms with Crippen molar-refractivity contribution in [3.63, 3.8) is 0 Å². The normalized spacial score (nSPS) is 12.2. The maximum absolute atomic E-state index is 13.1. The van der Waals surface area contributed by atoms with Gasteiger partial charge in [-0.1, -0.05) is 51.2 Å². The highest BCUT2D eigenvalue weighted by Crippen LogP contribution is 2.32. The summed E-state index contributed by atoms with van der Waals surface area (Å²) in [6.07, 6.45) is 0. The molecule has 0 aliphatic heterocycles. The lowest BCUT2D eigenvalue weighted by molar-refractivity contribution is 0.591. The second-order valence-corrected chi connectivity index (χ2v) is 9.28. The fourth-order valence-corrected chi connectivity index (χ4v) is 4.66. The molecule has 0 fully saturated rings. The van der Waals surface area contributed by atoms with Gasteiger partial charge in [0.25, 0.3) is 10.0 Å². The SMILES string of the molecule is Cc1nnc(N(C)S(=O)(=O)c2cc(C(C)C)ccc2C(C)C)s1. The maximum Gasteiger partial charge on any atom is 0.266 e. The minimum atomic E-state index is -3.67. The molecule has 23 heavy (non-hydrogen) atoms. The second kappa shape index (κ2) is 6.57. The molecule has 0 unspecified atom stereocenters. The summed E-state index contributed by atoms with van der Waals surface area (Å²) in [4.78, 5) is 0.356. The fraction of sp³-hybridized carbons (Fsp3) is 0.500. The van der Waals surface area contributed by atoms with E-state index < -0.39 is 10.0 Å². The minimum Gasteiger partial charge on any atom is -0.243 e. The highest BCUT2D eigenvalue weighted by atomic mass is 32.2. The molecule has 0 bridgehead atoms. The predicted molar refractivity (Wildman–Crippen MR) is 94.9 cm³/mol. The van der Waals surface area contributed by atoms with Crippen LogP contribution in [0.25, 0.3) is 0 Å². The molecular weight excluding hydrogens is 330 g/mol. The Hall–Kier alpha value is -1.47. The van der Waals surface area contributed by atoms with Crippen molar-refractivity contribution in [2.24, 2.45) is 0 Å². The number of anilines is 1. The molecule has 5 nitrogen and oxygen atoms in total. The highest BCUT2D eigenvalue weighted by Gasteiger charge is 2.28. The zero-order chi connectivity index (χ0) is 17.4. The van der Waals surface area contributed by atoms with Crippen molar-refractivity contribution in [3.05, 3.63) is 34.3 Å². The van der Waals surface area contributed by atoms with Gasteiger partial charge in [0.05, 0.1) is 4.90 Å². The first kappa shape index (κ1) is 17.9. The van der Waals surface area contributed by atoms with Crippen LogP contribution in [0.15, 0.2) is 23.1 Å². The van der Waals surface area contributed by atoms with E-state index in [4.69, 9.17) is 0 Å². The third-order valence-electron chi connectivity index (χ3n) is 3.75. The van der Waals surface area contributed by atoms with Crippen molar-refractivity contribution in [1.82, 2.24) is 10.2 Å². The van der Waals surface area contributed by atoms with E-state index in [0.29, 0.717) is 10.0 Å². The van der Waals surface area contributed by atoms with Crippen LogP contribution in [0, 0.1) is 6.92 Å². The third kappa shape index (κ3) is 3.55. The smallest absolute Gasteiger partial charge is 0.243 e. The van der Waals surface area contributed by atoms with E-state index in [-0.39, 0.29) is 11.8 Å². The molecule has 2 aromatic rings. The van der Waals surface area contributed by atoms with Gasteiger partial charge in [0.15, 0.2) is 0 Å². The number of benzene rings is 1. The van der Waals surface area contributed by atoms with Gasteiger partial charge in [-0.3, -0.25) is 0 Å². The maximum atomic E-state index is 13.1. The van der Waals surface area contributed by atoms with Gasteiger partial charge in [0, 0.05) is 7.05 Å². The zero-order valence-corrected chi connectivity index (χ0v) is 16.0. The molecule has 2 rings (SSSR count). The van der Waals surface area contributed by atoms with Crippen molar-refractivity contribution in [2.45, 2.75) is 51.3 Å². The summed E-state index contributed by atoms with van der Waals surface area (Å²) in [7, 11) is -2.14. The Balaban J connectivity index is 2.59.